The van der Waals surface area contributed by atoms with Crippen molar-refractivity contribution in [3.63, 3.8) is 0 Å². The van der Waals surface area contributed by atoms with Gasteiger partial charge in [0.1, 0.15) is 5.75 Å². The fourth-order valence-electron chi connectivity index (χ4n) is 3.58. The van der Waals surface area contributed by atoms with Crippen LogP contribution in [0.2, 0.25) is 0 Å². The molecular weight excluding hydrogens is 388 g/mol. The normalized spacial score (nSPS) is 11.0. The summed E-state index contributed by atoms with van der Waals surface area (Å²) < 4.78 is 5.30. The lowest BCUT2D eigenvalue weighted by Gasteiger charge is -2.25. The smallest absolute Gasteiger partial charge is 0.253 e. The maximum absolute atomic E-state index is 12.9. The van der Waals surface area contributed by atoms with Gasteiger partial charge in [-0.15, -0.1) is 0 Å². The molecule has 3 aromatic rings. The summed E-state index contributed by atoms with van der Waals surface area (Å²) >= 11 is 0. The lowest BCUT2D eigenvalue weighted by molar-refractivity contribution is 0.0747. The van der Waals surface area contributed by atoms with Crippen LogP contribution < -0.4 is 4.74 Å². The second-order valence-electron chi connectivity index (χ2n) is 7.39. The van der Waals surface area contributed by atoms with Gasteiger partial charge in [0.2, 0.25) is 0 Å². The number of ether oxygens (including phenoxy) is 1. The predicted molar refractivity (Wildman–Crippen MR) is 125 cm³/mol. The molecule has 0 fully saturated rings. The molecule has 0 unspecified atom stereocenters. The topological polar surface area (TPSA) is 61.5 Å². The highest BCUT2D eigenvalue weighted by Gasteiger charge is 2.15. The van der Waals surface area contributed by atoms with E-state index >= 15 is 0 Å². The number of nitrogens with one attached hydrogen (secondary N) is 1. The van der Waals surface area contributed by atoms with E-state index in [1.165, 1.54) is 0 Å². The maximum atomic E-state index is 12.9. The fourth-order valence-corrected chi connectivity index (χ4v) is 3.58. The summed E-state index contributed by atoms with van der Waals surface area (Å²) in [6.07, 6.45) is 0. The van der Waals surface area contributed by atoms with E-state index in [1.54, 1.807) is 7.11 Å². The van der Waals surface area contributed by atoms with Crippen LogP contribution in [0.25, 0.3) is 22.5 Å². The standard InChI is InChI=1S/C25H32N4O2/c1-5-28(6-2)15-16-29(7-3)25(30)20-13-11-19(12-14-20)23-18-24(27-26-23)21-9-8-10-22(17-21)31-4/h8-14,17-18H,5-7,15-16H2,1-4H3,(H,26,27). The quantitative estimate of drug-likeness (QED) is 0.522. The van der Waals surface area contributed by atoms with Crippen molar-refractivity contribution in [2.45, 2.75) is 20.8 Å². The Morgan fingerprint density at radius 1 is 0.935 bits per heavy atom. The third-order valence-electron chi connectivity index (χ3n) is 5.64. The first kappa shape index (κ1) is 22.6. The third kappa shape index (κ3) is 5.52. The van der Waals surface area contributed by atoms with Gasteiger partial charge in [-0.25, -0.2) is 0 Å². The summed E-state index contributed by atoms with van der Waals surface area (Å²) in [6, 6.07) is 17.5. The molecule has 1 aromatic heterocycles. The first-order valence-electron chi connectivity index (χ1n) is 10.9. The van der Waals surface area contributed by atoms with E-state index in [0.717, 1.165) is 54.4 Å². The number of methoxy groups -OCH3 is 1. The van der Waals surface area contributed by atoms with Gasteiger partial charge in [-0.1, -0.05) is 38.1 Å². The Bertz CT molecular complexity index is 977. The summed E-state index contributed by atoms with van der Waals surface area (Å²) in [6.45, 7) is 10.7. The van der Waals surface area contributed by atoms with E-state index in [1.807, 2.05) is 66.4 Å². The van der Waals surface area contributed by atoms with E-state index < -0.39 is 0 Å². The van der Waals surface area contributed by atoms with Gasteiger partial charge in [0.05, 0.1) is 18.5 Å². The van der Waals surface area contributed by atoms with Gasteiger partial charge in [0.15, 0.2) is 0 Å². The molecule has 1 amide bonds. The number of aromatic amines is 1. The zero-order chi connectivity index (χ0) is 22.2. The molecule has 6 heteroatoms. The van der Waals surface area contributed by atoms with E-state index in [-0.39, 0.29) is 5.91 Å². The Morgan fingerprint density at radius 2 is 1.68 bits per heavy atom. The van der Waals surface area contributed by atoms with Crippen LogP contribution in [0.4, 0.5) is 0 Å². The van der Waals surface area contributed by atoms with E-state index in [4.69, 9.17) is 4.74 Å². The number of amides is 1. The van der Waals surface area contributed by atoms with Gasteiger partial charge in [0.25, 0.3) is 5.91 Å². The van der Waals surface area contributed by atoms with Crippen LogP contribution in [-0.2, 0) is 0 Å². The fraction of sp³-hybridized carbons (Fsp3) is 0.360. The van der Waals surface area contributed by atoms with Gasteiger partial charge in [0, 0.05) is 30.8 Å². The van der Waals surface area contributed by atoms with E-state index in [9.17, 15) is 4.79 Å². The Labute approximate surface area is 184 Å². The minimum absolute atomic E-state index is 0.0721. The molecule has 0 saturated carbocycles. The SMILES string of the molecule is CCN(CC)CCN(CC)C(=O)c1ccc(-c2cc(-c3cccc(OC)c3)n[nH]2)cc1. The Balaban J connectivity index is 1.71. The molecule has 2 aromatic carbocycles. The number of benzene rings is 2. The lowest BCUT2D eigenvalue weighted by Crippen LogP contribution is -2.38. The highest BCUT2D eigenvalue weighted by Crippen LogP contribution is 2.26. The van der Waals surface area contributed by atoms with Crippen LogP contribution in [0.1, 0.15) is 31.1 Å². The first-order chi connectivity index (χ1) is 15.1. The summed E-state index contributed by atoms with van der Waals surface area (Å²) in [5.74, 6) is 0.870. The number of carbonyl (C=O) groups excluding carboxylic acids is 1. The molecule has 1 heterocycles. The molecule has 0 aliphatic rings. The van der Waals surface area contributed by atoms with E-state index in [0.29, 0.717) is 12.1 Å². The molecule has 0 aliphatic carbocycles. The van der Waals surface area contributed by atoms with Crippen molar-refractivity contribution in [1.82, 2.24) is 20.0 Å². The van der Waals surface area contributed by atoms with E-state index in [2.05, 4.69) is 28.9 Å². The van der Waals surface area contributed by atoms with Crippen LogP contribution in [0.15, 0.2) is 54.6 Å². The van der Waals surface area contributed by atoms with Crippen molar-refractivity contribution in [3.05, 3.63) is 60.2 Å². The molecule has 0 radical (unpaired) electrons. The Kier molecular flexibility index (Phi) is 7.84. The molecule has 0 aliphatic heterocycles. The van der Waals surface area contributed by atoms with Gasteiger partial charge in [-0.3, -0.25) is 9.89 Å². The van der Waals surface area contributed by atoms with Crippen molar-refractivity contribution in [2.75, 3.05) is 39.8 Å². The Morgan fingerprint density at radius 3 is 2.32 bits per heavy atom. The van der Waals surface area contributed by atoms with Crippen LogP contribution in [0.5, 0.6) is 5.75 Å². The summed E-state index contributed by atoms with van der Waals surface area (Å²) in [7, 11) is 1.65. The van der Waals surface area contributed by atoms with Crippen LogP contribution in [0.3, 0.4) is 0 Å². The number of aromatic nitrogens is 2. The first-order valence-corrected chi connectivity index (χ1v) is 10.9. The maximum Gasteiger partial charge on any atom is 0.253 e. The summed E-state index contributed by atoms with van der Waals surface area (Å²) in [4.78, 5) is 17.2. The summed E-state index contributed by atoms with van der Waals surface area (Å²) in [5.41, 5.74) is 4.44. The molecule has 0 spiro atoms. The number of likely N-dealkylation sites (N-methyl/N-ethyl adjacent to an activating group) is 2. The molecule has 164 valence electrons. The number of H-pyrrole nitrogens is 1. The van der Waals surface area contributed by atoms with Gasteiger partial charge in [-0.2, -0.15) is 5.10 Å². The zero-order valence-electron chi connectivity index (χ0n) is 18.9. The van der Waals surface area contributed by atoms with Crippen molar-refractivity contribution < 1.29 is 9.53 Å². The lowest BCUT2D eigenvalue weighted by atomic mass is 10.1. The van der Waals surface area contributed by atoms with Gasteiger partial charge >= 0.3 is 0 Å². The molecule has 3 rings (SSSR count). The number of hydrogen-bond donors (Lipinski definition) is 1. The van der Waals surface area contributed by atoms with Crippen molar-refractivity contribution in [2.24, 2.45) is 0 Å². The van der Waals surface area contributed by atoms with Crippen molar-refractivity contribution in [1.29, 1.82) is 0 Å². The number of hydrogen-bond acceptors (Lipinski definition) is 4. The third-order valence-corrected chi connectivity index (χ3v) is 5.64. The second kappa shape index (κ2) is 10.8. The van der Waals surface area contributed by atoms with Gasteiger partial charge < -0.3 is 14.5 Å². The summed E-state index contributed by atoms with van der Waals surface area (Å²) in [5, 5.41) is 7.53. The average molecular weight is 421 g/mol. The molecule has 1 N–H and O–H groups in total. The van der Waals surface area contributed by atoms with Crippen LogP contribution in [-0.4, -0.2) is 65.7 Å². The number of carbonyl (C=O) groups is 1. The molecule has 31 heavy (non-hydrogen) atoms. The molecule has 0 atom stereocenters. The molecular formula is C25H32N4O2. The molecule has 0 bridgehead atoms. The monoisotopic (exact) mass is 420 g/mol. The number of rotatable bonds is 10. The number of nitrogens with zero attached hydrogens (tertiary/aromatic N) is 3. The van der Waals surface area contributed by atoms with Crippen LogP contribution in [0, 0.1) is 0 Å². The molecule has 0 saturated heterocycles. The largest absolute Gasteiger partial charge is 0.497 e. The zero-order valence-corrected chi connectivity index (χ0v) is 18.9. The van der Waals surface area contributed by atoms with Crippen molar-refractivity contribution in [3.8, 4) is 28.3 Å². The minimum Gasteiger partial charge on any atom is -0.497 e. The minimum atomic E-state index is 0.0721. The second-order valence-corrected chi connectivity index (χ2v) is 7.39. The predicted octanol–water partition coefficient (Wildman–Crippen LogP) is 4.56. The van der Waals surface area contributed by atoms with Crippen molar-refractivity contribution >= 4 is 5.91 Å². The van der Waals surface area contributed by atoms with Crippen LogP contribution >= 0.6 is 0 Å². The Hall–Kier alpha value is -3.12. The highest BCUT2D eigenvalue weighted by atomic mass is 16.5. The molecule has 6 nitrogen and oxygen atoms in total. The van der Waals surface area contributed by atoms with Gasteiger partial charge in [-0.05, 0) is 55.9 Å². The average Bonchev–Trinajstić information content (AvgIpc) is 3.32. The highest BCUT2D eigenvalue weighted by molar-refractivity contribution is 5.94.